The molecule has 1 unspecified atom stereocenters. The van der Waals surface area contributed by atoms with Gasteiger partial charge in [-0.25, -0.2) is 4.99 Å². The van der Waals surface area contributed by atoms with Crippen molar-refractivity contribution in [2.75, 3.05) is 6.79 Å². The van der Waals surface area contributed by atoms with Crippen LogP contribution in [0, 0.1) is 17.2 Å². The van der Waals surface area contributed by atoms with Crippen LogP contribution in [0.1, 0.15) is 34.9 Å². The van der Waals surface area contributed by atoms with E-state index < -0.39 is 0 Å². The van der Waals surface area contributed by atoms with Crippen LogP contribution in [0.25, 0.3) is 0 Å². The van der Waals surface area contributed by atoms with E-state index in [9.17, 15) is 5.26 Å². The van der Waals surface area contributed by atoms with Gasteiger partial charge < -0.3 is 9.47 Å². The highest BCUT2D eigenvalue weighted by Gasteiger charge is 2.23. The van der Waals surface area contributed by atoms with E-state index in [1.807, 2.05) is 18.2 Å². The summed E-state index contributed by atoms with van der Waals surface area (Å²) >= 11 is 1.66. The molecule has 5 heteroatoms. The molecule has 4 nitrogen and oxygen atoms in total. The first-order valence-electron chi connectivity index (χ1n) is 7.73. The van der Waals surface area contributed by atoms with Gasteiger partial charge in [-0.15, -0.1) is 11.3 Å². The van der Waals surface area contributed by atoms with Gasteiger partial charge in [0.25, 0.3) is 0 Å². The molecule has 0 saturated heterocycles. The molecule has 1 aliphatic carbocycles. The van der Waals surface area contributed by atoms with Gasteiger partial charge in [-0.2, -0.15) is 5.26 Å². The smallest absolute Gasteiger partial charge is 0.231 e. The maximum atomic E-state index is 9.50. The van der Waals surface area contributed by atoms with Crippen LogP contribution in [-0.2, 0) is 12.8 Å². The van der Waals surface area contributed by atoms with Crippen molar-refractivity contribution in [3.8, 4) is 17.6 Å². The van der Waals surface area contributed by atoms with Crippen molar-refractivity contribution >= 4 is 22.6 Å². The van der Waals surface area contributed by atoms with Gasteiger partial charge in [0.05, 0.1) is 5.56 Å². The van der Waals surface area contributed by atoms with Gasteiger partial charge in [0, 0.05) is 11.1 Å². The summed E-state index contributed by atoms with van der Waals surface area (Å²) in [5, 5.41) is 10.3. The molecule has 1 aliphatic heterocycles. The molecule has 1 aromatic carbocycles. The Morgan fingerprint density at radius 1 is 1.35 bits per heavy atom. The predicted octanol–water partition coefficient (Wildman–Crippen LogP) is 4.22. The molecule has 116 valence electrons. The third-order valence-corrected chi connectivity index (χ3v) is 5.49. The van der Waals surface area contributed by atoms with E-state index >= 15 is 0 Å². The average Bonchev–Trinajstić information content (AvgIpc) is 3.15. The standard InChI is InChI=1S/C18H16N2O2S/c1-11-2-4-13-14(8-19)18(23-17(13)6-11)20-9-12-3-5-15-16(7-12)22-10-21-15/h3,5,7,9,11H,2,4,6,10H2,1H3/b20-9+. The molecule has 1 atom stereocenters. The number of rotatable bonds is 2. The number of fused-ring (bicyclic) bond motifs is 2. The second-order valence-corrected chi connectivity index (χ2v) is 7.10. The SMILES string of the molecule is CC1CCc2c(sc(/N=C/c3ccc4c(c3)OCO4)c2C#N)C1. The molecule has 0 radical (unpaired) electrons. The minimum Gasteiger partial charge on any atom is -0.454 e. The Labute approximate surface area is 139 Å². The number of nitriles is 1. The fraction of sp³-hybridized carbons (Fsp3) is 0.333. The summed E-state index contributed by atoms with van der Waals surface area (Å²) in [7, 11) is 0. The maximum absolute atomic E-state index is 9.50. The van der Waals surface area contributed by atoms with Crippen LogP contribution >= 0.6 is 11.3 Å². The van der Waals surface area contributed by atoms with Crippen LogP contribution in [-0.4, -0.2) is 13.0 Å². The minimum absolute atomic E-state index is 0.268. The average molecular weight is 324 g/mol. The van der Waals surface area contributed by atoms with E-state index in [0.717, 1.165) is 46.9 Å². The van der Waals surface area contributed by atoms with Crippen LogP contribution in [0.15, 0.2) is 23.2 Å². The number of thiophene rings is 1. The molecule has 4 rings (SSSR count). The molecule has 0 spiro atoms. The van der Waals surface area contributed by atoms with Gasteiger partial charge in [-0.05, 0) is 54.5 Å². The normalized spacial score (nSPS) is 18.9. The van der Waals surface area contributed by atoms with Crippen molar-refractivity contribution in [3.05, 3.63) is 39.8 Å². The first kappa shape index (κ1) is 14.3. The number of aliphatic imine (C=N–C) groups is 1. The van der Waals surface area contributed by atoms with Crippen molar-refractivity contribution in [2.24, 2.45) is 10.9 Å². The lowest BCUT2D eigenvalue weighted by Gasteiger charge is -2.17. The quantitative estimate of drug-likeness (QED) is 0.777. The van der Waals surface area contributed by atoms with Crippen molar-refractivity contribution in [2.45, 2.75) is 26.2 Å². The summed E-state index contributed by atoms with van der Waals surface area (Å²) in [6, 6.07) is 8.09. The monoisotopic (exact) mass is 324 g/mol. The topological polar surface area (TPSA) is 54.6 Å². The second-order valence-electron chi connectivity index (χ2n) is 6.01. The molecule has 0 saturated carbocycles. The van der Waals surface area contributed by atoms with Gasteiger partial charge in [0.2, 0.25) is 6.79 Å². The molecule has 2 aliphatic rings. The Bertz CT molecular complexity index is 832. The van der Waals surface area contributed by atoms with Gasteiger partial charge in [0.15, 0.2) is 11.5 Å². The maximum Gasteiger partial charge on any atom is 0.231 e. The van der Waals surface area contributed by atoms with E-state index in [2.05, 4.69) is 18.0 Å². The van der Waals surface area contributed by atoms with E-state index in [1.54, 1.807) is 17.6 Å². The van der Waals surface area contributed by atoms with E-state index in [1.165, 1.54) is 10.4 Å². The molecule has 0 fully saturated rings. The van der Waals surface area contributed by atoms with Crippen molar-refractivity contribution in [1.82, 2.24) is 0 Å². The van der Waals surface area contributed by atoms with E-state index in [0.29, 0.717) is 5.92 Å². The first-order chi connectivity index (χ1) is 11.2. The molecule has 2 heterocycles. The van der Waals surface area contributed by atoms with Gasteiger partial charge in [-0.1, -0.05) is 6.92 Å². The number of hydrogen-bond acceptors (Lipinski definition) is 5. The van der Waals surface area contributed by atoms with Gasteiger partial charge in [-0.3, -0.25) is 0 Å². The minimum atomic E-state index is 0.268. The van der Waals surface area contributed by atoms with Crippen molar-refractivity contribution in [1.29, 1.82) is 5.26 Å². The summed E-state index contributed by atoms with van der Waals surface area (Å²) in [5.41, 5.74) is 2.92. The molecular formula is C18H16N2O2S. The van der Waals surface area contributed by atoms with Gasteiger partial charge in [0.1, 0.15) is 11.1 Å². The van der Waals surface area contributed by atoms with Crippen molar-refractivity contribution in [3.63, 3.8) is 0 Å². The van der Waals surface area contributed by atoms with Crippen LogP contribution in [0.4, 0.5) is 5.00 Å². The van der Waals surface area contributed by atoms with Crippen LogP contribution < -0.4 is 9.47 Å². The Balaban J connectivity index is 1.65. The number of hydrogen-bond donors (Lipinski definition) is 0. The summed E-state index contributed by atoms with van der Waals surface area (Å²) < 4.78 is 10.7. The largest absolute Gasteiger partial charge is 0.454 e. The summed E-state index contributed by atoms with van der Waals surface area (Å²) in [6.07, 6.45) is 5.01. The Morgan fingerprint density at radius 2 is 2.22 bits per heavy atom. The molecule has 0 N–H and O–H groups in total. The first-order valence-corrected chi connectivity index (χ1v) is 8.54. The number of benzene rings is 1. The van der Waals surface area contributed by atoms with E-state index in [-0.39, 0.29) is 6.79 Å². The molecule has 23 heavy (non-hydrogen) atoms. The molecule has 0 bridgehead atoms. The Hall–Kier alpha value is -2.32. The van der Waals surface area contributed by atoms with E-state index in [4.69, 9.17) is 9.47 Å². The Kier molecular flexibility index (Phi) is 3.55. The molecule has 1 aromatic heterocycles. The third-order valence-electron chi connectivity index (χ3n) is 4.33. The van der Waals surface area contributed by atoms with Gasteiger partial charge >= 0.3 is 0 Å². The Morgan fingerprint density at radius 3 is 3.09 bits per heavy atom. The van der Waals surface area contributed by atoms with Crippen molar-refractivity contribution < 1.29 is 9.47 Å². The van der Waals surface area contributed by atoms with Crippen LogP contribution in [0.5, 0.6) is 11.5 Å². The molecular weight excluding hydrogens is 308 g/mol. The third kappa shape index (κ3) is 2.60. The second kappa shape index (κ2) is 5.71. The summed E-state index contributed by atoms with van der Waals surface area (Å²) in [4.78, 5) is 5.91. The zero-order chi connectivity index (χ0) is 15.8. The zero-order valence-corrected chi connectivity index (χ0v) is 13.7. The molecule has 0 amide bonds. The fourth-order valence-electron chi connectivity index (χ4n) is 3.07. The predicted molar refractivity (Wildman–Crippen MR) is 90.0 cm³/mol. The van der Waals surface area contributed by atoms with Crippen LogP contribution in [0.2, 0.25) is 0 Å². The molecule has 2 aromatic rings. The summed E-state index contributed by atoms with van der Waals surface area (Å²) in [6.45, 7) is 2.54. The highest BCUT2D eigenvalue weighted by molar-refractivity contribution is 7.16. The number of ether oxygens (including phenoxy) is 2. The lowest BCUT2D eigenvalue weighted by Crippen LogP contribution is -2.09. The lowest BCUT2D eigenvalue weighted by atomic mass is 9.89. The lowest BCUT2D eigenvalue weighted by molar-refractivity contribution is 0.174. The van der Waals surface area contributed by atoms with Crippen LogP contribution in [0.3, 0.4) is 0 Å². The highest BCUT2D eigenvalue weighted by atomic mass is 32.1. The zero-order valence-electron chi connectivity index (χ0n) is 12.8. The fourth-order valence-corrected chi connectivity index (χ4v) is 4.37. The summed E-state index contributed by atoms with van der Waals surface area (Å²) in [5.74, 6) is 2.20. The number of nitrogens with zero attached hydrogens (tertiary/aromatic N) is 2. The highest BCUT2D eigenvalue weighted by Crippen LogP contribution is 2.40.